The fraction of sp³-hybridized carbons (Fsp3) is 0.750. The molecule has 10 nitrogen and oxygen atoms in total. The molecule has 1 saturated heterocycles. The molecule has 2 aliphatic rings. The van der Waals surface area contributed by atoms with E-state index >= 15 is 0 Å². The minimum Gasteiger partial charge on any atom is -0.748 e. The molecule has 0 bridgehead atoms. The van der Waals surface area contributed by atoms with Crippen LogP contribution in [0.25, 0.3) is 0 Å². The average Bonchev–Trinajstić information content (AvgIpc) is 2.76. The van der Waals surface area contributed by atoms with Crippen molar-refractivity contribution in [3.05, 3.63) is 23.1 Å². The Balaban J connectivity index is 0.00000450. The van der Waals surface area contributed by atoms with Crippen LogP contribution in [0.3, 0.4) is 0 Å². The zero-order chi connectivity index (χ0) is 22.3. The number of hydrogen-bond acceptors (Lipinski definition) is 8. The third kappa shape index (κ3) is 7.23. The minimum atomic E-state index is -4.83. The normalized spacial score (nSPS) is 29.7. The van der Waals surface area contributed by atoms with Crippen molar-refractivity contribution in [1.29, 1.82) is 0 Å². The molecular weight excluding hydrogens is 484 g/mol. The van der Waals surface area contributed by atoms with Gasteiger partial charge in [-0.05, 0) is 31.6 Å². The van der Waals surface area contributed by atoms with Crippen LogP contribution in [0.2, 0.25) is 0 Å². The third-order valence-corrected chi connectivity index (χ3v) is 8.47. The van der Waals surface area contributed by atoms with Crippen LogP contribution >= 0.6 is 7.60 Å². The van der Waals surface area contributed by atoms with Gasteiger partial charge in [-0.15, -0.1) is 0 Å². The summed E-state index contributed by atoms with van der Waals surface area (Å²) < 4.78 is 79.3. The van der Waals surface area contributed by atoms with E-state index in [0.29, 0.717) is 13.0 Å². The Morgan fingerprint density at radius 1 is 1.23 bits per heavy atom. The van der Waals surface area contributed by atoms with Gasteiger partial charge < -0.3 is 18.9 Å². The van der Waals surface area contributed by atoms with Crippen LogP contribution in [-0.4, -0.2) is 71.2 Å². The van der Waals surface area contributed by atoms with Crippen molar-refractivity contribution in [3.63, 3.8) is 0 Å². The van der Waals surface area contributed by atoms with Crippen LogP contribution < -0.4 is 51.4 Å². The molecule has 4 atom stereocenters. The quantitative estimate of drug-likeness (QED) is 0.110. The predicted octanol–water partition coefficient (Wildman–Crippen LogP) is -2.62. The fourth-order valence-corrected chi connectivity index (χ4v) is 6.63. The van der Waals surface area contributed by atoms with Gasteiger partial charge in [-0.2, -0.15) is 0 Å². The van der Waals surface area contributed by atoms with Crippen LogP contribution in [0, 0.1) is 17.4 Å². The average molecular weight is 510 g/mol. The van der Waals surface area contributed by atoms with Crippen molar-refractivity contribution in [1.82, 2.24) is 4.90 Å². The predicted molar refractivity (Wildman–Crippen MR) is 102 cm³/mol. The monoisotopic (exact) mass is 509 g/mol. The van der Waals surface area contributed by atoms with Crippen molar-refractivity contribution < 1.29 is 91.7 Å². The Bertz CT molecular complexity index is 944. The van der Waals surface area contributed by atoms with Gasteiger partial charge in [0.05, 0.1) is 28.3 Å². The van der Waals surface area contributed by atoms with Crippen LogP contribution in [0.1, 0.15) is 33.1 Å². The van der Waals surface area contributed by atoms with Crippen LogP contribution in [0.5, 0.6) is 0 Å². The Hall–Kier alpha value is 0.956. The number of likely N-dealkylation sites (tertiary alicyclic amines) is 1. The topological polar surface area (TPSA) is 175 Å². The number of nitrogens with zero attached hydrogens (tertiary/aromatic N) is 1. The van der Waals surface area contributed by atoms with Crippen molar-refractivity contribution in [3.8, 4) is 0 Å². The third-order valence-electron chi connectivity index (χ3n) is 5.96. The minimum absolute atomic E-state index is 0. The molecule has 166 valence electrons. The largest absolute Gasteiger partial charge is 1.00 e. The van der Waals surface area contributed by atoms with E-state index in [4.69, 9.17) is 0 Å². The number of unbranched alkanes of at least 4 members (excludes halogenated alkanes) is 1. The Labute approximate surface area is 220 Å². The smallest absolute Gasteiger partial charge is 0.748 e. The maximum absolute atomic E-state index is 11.8. The summed E-state index contributed by atoms with van der Waals surface area (Å²) in [7, 11) is -13.5. The number of fused-ring (bicyclic) bond motifs is 1. The van der Waals surface area contributed by atoms with Crippen molar-refractivity contribution in [2.45, 2.75) is 45.2 Å². The van der Waals surface area contributed by atoms with Gasteiger partial charge >= 0.3 is 59.0 Å². The van der Waals surface area contributed by atoms with Gasteiger partial charge in [0.25, 0.3) is 0 Å². The first kappa shape index (κ1) is 29.0. The molecule has 14 heteroatoms. The summed E-state index contributed by atoms with van der Waals surface area (Å²) in [5, 5.41) is 0. The summed E-state index contributed by atoms with van der Waals surface area (Å²) in [6.07, 6.45) is 5.54. The molecule has 0 radical (unpaired) electrons. The van der Waals surface area contributed by atoms with Gasteiger partial charge in [-0.25, -0.2) is 16.8 Å². The maximum Gasteiger partial charge on any atom is 1.00 e. The molecular formula is C16H25KNO9PS2. The Morgan fingerprint density at radius 2 is 1.83 bits per heavy atom. The summed E-state index contributed by atoms with van der Waals surface area (Å²) in [5.74, 6) is -1.34. The molecule has 0 aromatic rings. The molecule has 0 saturated carbocycles. The first-order chi connectivity index (χ1) is 13.1. The van der Waals surface area contributed by atoms with Gasteiger partial charge in [0.15, 0.2) is 11.0 Å². The summed E-state index contributed by atoms with van der Waals surface area (Å²) in [6, 6.07) is -0.884. The second kappa shape index (κ2) is 10.5. The van der Waals surface area contributed by atoms with E-state index in [1.807, 2.05) is 4.90 Å². The van der Waals surface area contributed by atoms with E-state index in [1.165, 1.54) is 6.08 Å². The van der Waals surface area contributed by atoms with E-state index in [1.54, 1.807) is 19.9 Å². The van der Waals surface area contributed by atoms with E-state index < -0.39 is 62.0 Å². The maximum atomic E-state index is 11.8. The first-order valence-electron chi connectivity index (χ1n) is 9.06. The van der Waals surface area contributed by atoms with Gasteiger partial charge in [0.1, 0.15) is 22.2 Å². The molecule has 0 spiro atoms. The summed E-state index contributed by atoms with van der Waals surface area (Å²) >= 11 is 0. The Morgan fingerprint density at radius 3 is 2.33 bits per heavy atom. The first-order valence-corrected chi connectivity index (χ1v) is 13.8. The second-order valence-corrected chi connectivity index (χ2v) is 12.5. The fourth-order valence-electron chi connectivity index (χ4n) is 4.37. The molecule has 1 fully saturated rings. The van der Waals surface area contributed by atoms with Gasteiger partial charge in [0, 0.05) is 18.3 Å². The summed E-state index contributed by atoms with van der Waals surface area (Å²) in [4.78, 5) is 20.1. The van der Waals surface area contributed by atoms with E-state index in [0.717, 1.165) is 0 Å². The molecule has 0 aromatic carbocycles. The SMILES string of the molecule is CC1N(CCCCS(=O)(=O)[O-])C2C=C[C+]=C(S(=O)(=O)[O-])C2C1(C)CCP(=O)(O)O.[K+]. The molecule has 0 aromatic heterocycles. The van der Waals surface area contributed by atoms with E-state index in [2.05, 4.69) is 6.08 Å². The van der Waals surface area contributed by atoms with Crippen LogP contribution in [0.4, 0.5) is 0 Å². The molecule has 0 amide bonds. The molecule has 30 heavy (non-hydrogen) atoms. The van der Waals surface area contributed by atoms with Gasteiger partial charge in [-0.1, -0.05) is 6.92 Å². The zero-order valence-corrected chi connectivity index (χ0v) is 22.7. The molecule has 1 aliphatic carbocycles. The van der Waals surface area contributed by atoms with Gasteiger partial charge in [-0.3, -0.25) is 9.46 Å². The Kier molecular flexibility index (Phi) is 10.1. The van der Waals surface area contributed by atoms with Crippen LogP contribution in [0.15, 0.2) is 17.1 Å². The number of hydrogen-bond donors (Lipinski definition) is 2. The molecule has 1 aliphatic heterocycles. The molecule has 2 N–H and O–H groups in total. The van der Waals surface area contributed by atoms with Crippen molar-refractivity contribution in [2.24, 2.45) is 11.3 Å². The van der Waals surface area contributed by atoms with E-state index in [-0.39, 0.29) is 70.3 Å². The van der Waals surface area contributed by atoms with Crippen molar-refractivity contribution in [2.75, 3.05) is 18.5 Å². The molecule has 1 heterocycles. The summed E-state index contributed by atoms with van der Waals surface area (Å²) in [6.45, 7) is 3.81. The van der Waals surface area contributed by atoms with E-state index in [9.17, 15) is 40.3 Å². The number of allylic oxidation sites excluding steroid dienone is 2. The van der Waals surface area contributed by atoms with Crippen molar-refractivity contribution >= 4 is 27.8 Å². The van der Waals surface area contributed by atoms with Crippen LogP contribution in [-0.2, 0) is 24.8 Å². The summed E-state index contributed by atoms with van der Waals surface area (Å²) in [5.41, 5.74) is -0.943. The zero-order valence-electron chi connectivity index (χ0n) is 17.1. The van der Waals surface area contributed by atoms with Gasteiger partial charge in [0.2, 0.25) is 0 Å². The molecule has 2 rings (SSSR count). The standard InChI is InChI=1S/C16H26NO9PS2.K/c1-12-16(2,8-10-27(18,19)20)15-13(6-5-7-14(15)29(24,25)26)17(12)9-3-4-11-28(21,22)23;/h5-6,12-13,15H,3-4,8-11H2,1-2H3,(H3-,18,19,20,21,22,23,24,25,26);/q;+1/p-1. The number of rotatable bonds is 9. The second-order valence-electron chi connectivity index (χ2n) is 7.82. The molecule has 4 unspecified atom stereocenters.